The van der Waals surface area contributed by atoms with Gasteiger partial charge in [0.05, 0.1) is 12.6 Å². The highest BCUT2D eigenvalue weighted by atomic mass is 16.5. The Bertz CT molecular complexity index is 639. The molecule has 2 aromatic rings. The lowest BCUT2D eigenvalue weighted by Crippen LogP contribution is -2.40. The lowest BCUT2D eigenvalue weighted by molar-refractivity contribution is 0.0624. The maximum absolute atomic E-state index is 12.3. The van der Waals surface area contributed by atoms with Crippen LogP contribution in [0.1, 0.15) is 34.5 Å². The molecule has 0 saturated carbocycles. The number of carbonyl (C=O) groups is 1. The molecule has 1 aromatic heterocycles. The molecule has 0 spiro atoms. The smallest absolute Gasteiger partial charge is 0.251 e. The van der Waals surface area contributed by atoms with Gasteiger partial charge in [-0.05, 0) is 44.4 Å². The topological polar surface area (TPSA) is 54.1 Å². The van der Waals surface area contributed by atoms with Crippen molar-refractivity contribution in [1.29, 1.82) is 0 Å². The molecule has 1 fully saturated rings. The Kier molecular flexibility index (Phi) is 3.49. The first kappa shape index (κ1) is 13.2. The van der Waals surface area contributed by atoms with E-state index in [0.29, 0.717) is 12.2 Å². The van der Waals surface area contributed by atoms with E-state index in [1.54, 1.807) is 0 Å². The number of aromatic amines is 1. The van der Waals surface area contributed by atoms with Crippen LogP contribution in [-0.2, 0) is 4.74 Å². The highest BCUT2D eigenvalue weighted by Gasteiger charge is 2.17. The number of benzene rings is 1. The summed E-state index contributed by atoms with van der Waals surface area (Å²) in [6, 6.07) is 5.97. The Hall–Kier alpha value is -1.81. The number of fused-ring (bicyclic) bond motifs is 1. The van der Waals surface area contributed by atoms with Gasteiger partial charge in [0, 0.05) is 28.8 Å². The summed E-state index contributed by atoms with van der Waals surface area (Å²) < 4.78 is 5.39. The molecule has 1 aromatic carbocycles. The Balaban J connectivity index is 1.80. The van der Waals surface area contributed by atoms with Crippen molar-refractivity contribution >= 4 is 16.8 Å². The second-order valence-electron chi connectivity index (χ2n) is 5.52. The van der Waals surface area contributed by atoms with Gasteiger partial charge in [-0.25, -0.2) is 0 Å². The Morgan fingerprint density at radius 2 is 2.25 bits per heavy atom. The maximum Gasteiger partial charge on any atom is 0.251 e. The normalized spacial score (nSPS) is 19.2. The van der Waals surface area contributed by atoms with Crippen LogP contribution in [0.25, 0.3) is 10.9 Å². The molecule has 20 heavy (non-hydrogen) atoms. The number of ether oxygens (including phenoxy) is 1. The van der Waals surface area contributed by atoms with Crippen LogP contribution in [-0.4, -0.2) is 30.1 Å². The Labute approximate surface area is 118 Å². The van der Waals surface area contributed by atoms with Gasteiger partial charge in [-0.2, -0.15) is 0 Å². The van der Waals surface area contributed by atoms with Crippen molar-refractivity contribution in [3.63, 3.8) is 0 Å². The molecule has 2 heterocycles. The van der Waals surface area contributed by atoms with E-state index in [2.05, 4.69) is 24.1 Å². The predicted octanol–water partition coefficient (Wildman–Crippen LogP) is 2.69. The van der Waals surface area contributed by atoms with E-state index in [1.807, 2.05) is 18.2 Å². The third kappa shape index (κ3) is 2.43. The van der Waals surface area contributed by atoms with Crippen molar-refractivity contribution in [2.24, 2.45) is 0 Å². The molecule has 106 valence electrons. The molecule has 0 bridgehead atoms. The average Bonchev–Trinajstić information content (AvgIpc) is 2.74. The summed E-state index contributed by atoms with van der Waals surface area (Å²) >= 11 is 0. The summed E-state index contributed by atoms with van der Waals surface area (Å²) in [6.45, 7) is 5.57. The van der Waals surface area contributed by atoms with Gasteiger partial charge < -0.3 is 15.0 Å². The minimum atomic E-state index is -0.0210. The number of rotatable bonds is 2. The fourth-order valence-electron chi connectivity index (χ4n) is 2.74. The number of amides is 1. The summed E-state index contributed by atoms with van der Waals surface area (Å²) in [6.07, 6.45) is 2.01. The molecular weight excluding hydrogens is 252 g/mol. The largest absolute Gasteiger partial charge is 0.379 e. The summed E-state index contributed by atoms with van der Waals surface area (Å²) in [5.74, 6) is -0.0210. The van der Waals surface area contributed by atoms with E-state index < -0.39 is 0 Å². The lowest BCUT2D eigenvalue weighted by atomic mass is 10.1. The number of carbonyl (C=O) groups excluding carboxylic acids is 1. The number of nitrogens with one attached hydrogen (secondary N) is 2. The molecule has 3 rings (SSSR count). The fraction of sp³-hybridized carbons (Fsp3) is 0.438. The molecule has 1 atom stereocenters. The van der Waals surface area contributed by atoms with Crippen molar-refractivity contribution in [3.8, 4) is 0 Å². The maximum atomic E-state index is 12.3. The van der Waals surface area contributed by atoms with Crippen molar-refractivity contribution < 1.29 is 9.53 Å². The molecule has 1 saturated heterocycles. The highest BCUT2D eigenvalue weighted by Crippen LogP contribution is 2.22. The summed E-state index contributed by atoms with van der Waals surface area (Å²) in [7, 11) is 0. The van der Waals surface area contributed by atoms with Gasteiger partial charge in [0.25, 0.3) is 5.91 Å². The van der Waals surface area contributed by atoms with Crippen LogP contribution in [0.5, 0.6) is 0 Å². The second kappa shape index (κ2) is 5.29. The average molecular weight is 272 g/mol. The van der Waals surface area contributed by atoms with Crippen LogP contribution in [0.15, 0.2) is 18.2 Å². The number of hydrogen-bond acceptors (Lipinski definition) is 2. The van der Waals surface area contributed by atoms with Crippen LogP contribution in [0, 0.1) is 13.8 Å². The third-order valence-electron chi connectivity index (χ3n) is 4.07. The molecular formula is C16H20N2O2. The molecule has 2 N–H and O–H groups in total. The first-order chi connectivity index (χ1) is 9.65. The van der Waals surface area contributed by atoms with E-state index in [-0.39, 0.29) is 11.9 Å². The van der Waals surface area contributed by atoms with Gasteiger partial charge in [0.2, 0.25) is 0 Å². The van der Waals surface area contributed by atoms with E-state index in [0.717, 1.165) is 30.7 Å². The van der Waals surface area contributed by atoms with E-state index in [9.17, 15) is 4.79 Å². The first-order valence-electron chi connectivity index (χ1n) is 7.12. The van der Waals surface area contributed by atoms with Crippen LogP contribution < -0.4 is 5.32 Å². The standard InChI is InChI=1S/C16H20N2O2/c1-10-11(2)17-15-8-12(5-6-14(10)15)16(19)18-13-4-3-7-20-9-13/h5-6,8,13,17H,3-4,7,9H2,1-2H3,(H,18,19). The zero-order valence-electron chi connectivity index (χ0n) is 12.0. The molecule has 0 aliphatic carbocycles. The Morgan fingerprint density at radius 1 is 1.40 bits per heavy atom. The van der Waals surface area contributed by atoms with Gasteiger partial charge >= 0.3 is 0 Å². The van der Waals surface area contributed by atoms with Gasteiger partial charge in [0.15, 0.2) is 0 Å². The molecule has 1 unspecified atom stereocenters. The van der Waals surface area contributed by atoms with Crippen LogP contribution in [0.2, 0.25) is 0 Å². The first-order valence-corrected chi connectivity index (χ1v) is 7.12. The quantitative estimate of drug-likeness (QED) is 0.883. The van der Waals surface area contributed by atoms with Crippen molar-refractivity contribution in [1.82, 2.24) is 10.3 Å². The molecule has 1 aliphatic rings. The predicted molar refractivity (Wildman–Crippen MR) is 79.1 cm³/mol. The van der Waals surface area contributed by atoms with Crippen LogP contribution in [0.3, 0.4) is 0 Å². The monoisotopic (exact) mass is 272 g/mol. The zero-order chi connectivity index (χ0) is 14.1. The zero-order valence-corrected chi connectivity index (χ0v) is 12.0. The molecule has 1 amide bonds. The lowest BCUT2D eigenvalue weighted by Gasteiger charge is -2.23. The van der Waals surface area contributed by atoms with Crippen LogP contribution in [0.4, 0.5) is 0 Å². The molecule has 1 aliphatic heterocycles. The summed E-state index contributed by atoms with van der Waals surface area (Å²) in [4.78, 5) is 15.6. The second-order valence-corrected chi connectivity index (χ2v) is 5.52. The van der Waals surface area contributed by atoms with Crippen molar-refractivity contribution in [3.05, 3.63) is 35.0 Å². The highest BCUT2D eigenvalue weighted by molar-refractivity contribution is 5.98. The minimum absolute atomic E-state index is 0.0210. The van der Waals surface area contributed by atoms with Crippen LogP contribution >= 0.6 is 0 Å². The molecule has 0 radical (unpaired) electrons. The van der Waals surface area contributed by atoms with Gasteiger partial charge in [-0.3, -0.25) is 4.79 Å². The fourth-order valence-corrected chi connectivity index (χ4v) is 2.74. The van der Waals surface area contributed by atoms with E-state index in [1.165, 1.54) is 10.9 Å². The number of hydrogen-bond donors (Lipinski definition) is 2. The number of aromatic nitrogens is 1. The summed E-state index contributed by atoms with van der Waals surface area (Å²) in [5.41, 5.74) is 4.11. The molecule has 4 nitrogen and oxygen atoms in total. The summed E-state index contributed by atoms with van der Waals surface area (Å²) in [5, 5.41) is 4.22. The van der Waals surface area contributed by atoms with Gasteiger partial charge in [0.1, 0.15) is 0 Å². The van der Waals surface area contributed by atoms with Gasteiger partial charge in [-0.1, -0.05) is 6.07 Å². The minimum Gasteiger partial charge on any atom is -0.379 e. The van der Waals surface area contributed by atoms with Crippen molar-refractivity contribution in [2.75, 3.05) is 13.2 Å². The van der Waals surface area contributed by atoms with E-state index in [4.69, 9.17) is 4.74 Å². The number of aryl methyl sites for hydroxylation is 2. The third-order valence-corrected chi connectivity index (χ3v) is 4.07. The SMILES string of the molecule is Cc1[nH]c2cc(C(=O)NC3CCCOC3)ccc2c1C. The van der Waals surface area contributed by atoms with Gasteiger partial charge in [-0.15, -0.1) is 0 Å². The van der Waals surface area contributed by atoms with E-state index >= 15 is 0 Å². The molecule has 4 heteroatoms. The Morgan fingerprint density at radius 3 is 3.00 bits per heavy atom. The van der Waals surface area contributed by atoms with Crippen molar-refractivity contribution in [2.45, 2.75) is 32.7 Å². The number of H-pyrrole nitrogens is 1.